The fourth-order valence-corrected chi connectivity index (χ4v) is 4.61. The number of imidazole rings is 1. The van der Waals surface area contributed by atoms with E-state index >= 15 is 0 Å². The van der Waals surface area contributed by atoms with Crippen molar-refractivity contribution in [3.05, 3.63) is 46.1 Å². The van der Waals surface area contributed by atoms with Crippen LogP contribution in [0.5, 0.6) is 0 Å². The highest BCUT2D eigenvalue weighted by molar-refractivity contribution is 9.10. The molecule has 0 bridgehead atoms. The maximum atomic E-state index is 12.9. The summed E-state index contributed by atoms with van der Waals surface area (Å²) in [5.41, 5.74) is 8.75. The molecule has 0 atom stereocenters. The van der Waals surface area contributed by atoms with Crippen LogP contribution in [0.15, 0.2) is 33.5 Å². The molecule has 8 nitrogen and oxygen atoms in total. The van der Waals surface area contributed by atoms with E-state index in [9.17, 15) is 4.79 Å². The fraction of sp³-hybridized carbons (Fsp3) is 0.429. The number of amides is 1. The summed E-state index contributed by atoms with van der Waals surface area (Å²) in [6.07, 6.45) is 5.08. The number of nitrogens with zero attached hydrogens (tertiary/aromatic N) is 5. The normalized spacial score (nSPS) is 13.9. The van der Waals surface area contributed by atoms with E-state index in [4.69, 9.17) is 10.3 Å². The highest BCUT2D eigenvalue weighted by Gasteiger charge is 2.34. The average molecular weight is 473 g/mol. The number of hydrogen-bond acceptors (Lipinski definition) is 6. The van der Waals surface area contributed by atoms with Crippen LogP contribution in [0, 0.1) is 0 Å². The zero-order valence-corrected chi connectivity index (χ0v) is 18.9. The molecule has 9 heteroatoms. The predicted molar refractivity (Wildman–Crippen MR) is 116 cm³/mol. The van der Waals surface area contributed by atoms with Crippen LogP contribution in [0.3, 0.4) is 0 Å². The van der Waals surface area contributed by atoms with Gasteiger partial charge in [-0.15, -0.1) is 0 Å². The van der Waals surface area contributed by atoms with Gasteiger partial charge in [-0.3, -0.25) is 9.36 Å². The van der Waals surface area contributed by atoms with Crippen LogP contribution in [0.4, 0.5) is 0 Å². The van der Waals surface area contributed by atoms with Crippen LogP contribution in [-0.4, -0.2) is 37.5 Å². The molecule has 3 heterocycles. The Morgan fingerprint density at radius 2 is 2.00 bits per heavy atom. The summed E-state index contributed by atoms with van der Waals surface area (Å²) in [6, 6.07) is 5.66. The first-order valence-corrected chi connectivity index (χ1v) is 10.9. The summed E-state index contributed by atoms with van der Waals surface area (Å²) in [5.74, 6) is 0.761. The van der Waals surface area contributed by atoms with Crippen molar-refractivity contribution in [1.82, 2.24) is 24.6 Å². The molecule has 0 saturated heterocycles. The quantitative estimate of drug-likeness (QED) is 0.580. The number of halogens is 1. The van der Waals surface area contributed by atoms with Crippen LogP contribution in [0.1, 0.15) is 61.5 Å². The standard InChI is InChI=1S/C21H25BrN6O2/c1-4-9-21(23,10-5-2)20-25-18(26-30-20)17-15-11-27(3)19(29)16-13(22)7-6-8-14(16)28(15)12-24-17/h6-8,12H,4-5,9-11,23H2,1-3H3. The monoisotopic (exact) mass is 472 g/mol. The summed E-state index contributed by atoms with van der Waals surface area (Å²) in [4.78, 5) is 23.8. The SMILES string of the molecule is CCCC(N)(CCC)c1nc(-c2ncn3c2CN(C)C(=O)c2c(Br)cccc2-3)no1. The summed E-state index contributed by atoms with van der Waals surface area (Å²) in [6.45, 7) is 4.55. The number of carbonyl (C=O) groups is 1. The Balaban J connectivity index is 1.81. The first-order valence-electron chi connectivity index (χ1n) is 10.1. The van der Waals surface area contributed by atoms with Gasteiger partial charge in [-0.2, -0.15) is 4.98 Å². The van der Waals surface area contributed by atoms with Gasteiger partial charge in [0.05, 0.1) is 29.0 Å². The van der Waals surface area contributed by atoms with Gasteiger partial charge in [-0.1, -0.05) is 37.9 Å². The summed E-state index contributed by atoms with van der Waals surface area (Å²) in [7, 11) is 1.77. The van der Waals surface area contributed by atoms with Crippen molar-refractivity contribution < 1.29 is 9.32 Å². The molecule has 1 aliphatic rings. The molecule has 2 N–H and O–H groups in total. The molecule has 1 aliphatic heterocycles. The number of fused-ring (bicyclic) bond motifs is 3. The van der Waals surface area contributed by atoms with Gasteiger partial charge in [0.2, 0.25) is 11.7 Å². The number of rotatable bonds is 6. The Hall–Kier alpha value is -2.52. The molecule has 30 heavy (non-hydrogen) atoms. The average Bonchev–Trinajstić information content (AvgIpc) is 3.33. The molecule has 2 aromatic heterocycles. The largest absolute Gasteiger partial charge is 0.337 e. The van der Waals surface area contributed by atoms with Crippen LogP contribution < -0.4 is 5.73 Å². The zero-order valence-electron chi connectivity index (χ0n) is 17.4. The maximum absolute atomic E-state index is 12.9. The first kappa shape index (κ1) is 20.7. The molecule has 1 aromatic carbocycles. The van der Waals surface area contributed by atoms with Crippen molar-refractivity contribution in [2.45, 2.75) is 51.6 Å². The molecular formula is C21H25BrN6O2. The van der Waals surface area contributed by atoms with Crippen LogP contribution in [0.25, 0.3) is 17.2 Å². The summed E-state index contributed by atoms with van der Waals surface area (Å²) in [5, 5.41) is 4.19. The molecule has 0 radical (unpaired) electrons. The second-order valence-electron chi connectivity index (χ2n) is 7.78. The van der Waals surface area contributed by atoms with E-state index in [1.165, 1.54) is 0 Å². The van der Waals surface area contributed by atoms with Crippen molar-refractivity contribution in [2.24, 2.45) is 5.73 Å². The van der Waals surface area contributed by atoms with E-state index in [-0.39, 0.29) is 5.91 Å². The van der Waals surface area contributed by atoms with Gasteiger partial charge in [-0.25, -0.2) is 4.98 Å². The number of benzene rings is 1. The Bertz CT molecular complexity index is 1080. The highest BCUT2D eigenvalue weighted by atomic mass is 79.9. The molecule has 4 rings (SSSR count). The molecule has 0 spiro atoms. The Morgan fingerprint density at radius 1 is 1.27 bits per heavy atom. The Kier molecular flexibility index (Phi) is 5.50. The number of carbonyl (C=O) groups excluding carboxylic acids is 1. The lowest BCUT2D eigenvalue weighted by Gasteiger charge is -2.24. The van der Waals surface area contributed by atoms with E-state index in [2.05, 4.69) is 44.9 Å². The third-order valence-electron chi connectivity index (χ3n) is 5.52. The summed E-state index contributed by atoms with van der Waals surface area (Å²) >= 11 is 3.51. The molecule has 158 valence electrons. The molecule has 1 amide bonds. The van der Waals surface area contributed by atoms with Gasteiger partial charge in [0.15, 0.2) is 0 Å². The first-order chi connectivity index (χ1) is 14.4. The van der Waals surface area contributed by atoms with E-state index in [1.54, 1.807) is 18.3 Å². The van der Waals surface area contributed by atoms with Crippen molar-refractivity contribution in [1.29, 1.82) is 0 Å². The summed E-state index contributed by atoms with van der Waals surface area (Å²) < 4.78 is 8.26. The zero-order chi connectivity index (χ0) is 21.5. The minimum atomic E-state index is -0.643. The van der Waals surface area contributed by atoms with E-state index in [0.717, 1.165) is 41.5 Å². The van der Waals surface area contributed by atoms with E-state index in [0.29, 0.717) is 29.5 Å². The van der Waals surface area contributed by atoms with Crippen LogP contribution in [-0.2, 0) is 12.1 Å². The number of hydrogen-bond donors (Lipinski definition) is 1. The molecular weight excluding hydrogens is 448 g/mol. The Morgan fingerprint density at radius 3 is 2.70 bits per heavy atom. The topological polar surface area (TPSA) is 103 Å². The van der Waals surface area contributed by atoms with Gasteiger partial charge in [0.25, 0.3) is 5.91 Å². The van der Waals surface area contributed by atoms with Gasteiger partial charge in [-0.05, 0) is 40.9 Å². The number of aromatic nitrogens is 4. The lowest BCUT2D eigenvalue weighted by molar-refractivity contribution is 0.0787. The lowest BCUT2D eigenvalue weighted by Crippen LogP contribution is -2.36. The number of nitrogens with two attached hydrogens (primary N) is 1. The third kappa shape index (κ3) is 3.35. The molecule has 0 unspecified atom stereocenters. The third-order valence-corrected chi connectivity index (χ3v) is 6.18. The second kappa shape index (κ2) is 7.96. The smallest absolute Gasteiger partial charge is 0.257 e. The molecule has 0 saturated carbocycles. The van der Waals surface area contributed by atoms with Crippen LogP contribution >= 0.6 is 15.9 Å². The highest BCUT2D eigenvalue weighted by Crippen LogP contribution is 2.34. The molecule has 3 aromatic rings. The fourth-order valence-electron chi connectivity index (χ4n) is 4.08. The van der Waals surface area contributed by atoms with Crippen LogP contribution in [0.2, 0.25) is 0 Å². The van der Waals surface area contributed by atoms with E-state index < -0.39 is 5.54 Å². The minimum Gasteiger partial charge on any atom is -0.337 e. The van der Waals surface area contributed by atoms with Gasteiger partial charge >= 0.3 is 0 Å². The van der Waals surface area contributed by atoms with Gasteiger partial charge < -0.3 is 15.2 Å². The molecule has 0 aliphatic carbocycles. The second-order valence-corrected chi connectivity index (χ2v) is 8.64. The predicted octanol–water partition coefficient (Wildman–Crippen LogP) is 4.02. The van der Waals surface area contributed by atoms with Crippen molar-refractivity contribution in [3.8, 4) is 17.2 Å². The van der Waals surface area contributed by atoms with Gasteiger partial charge in [0.1, 0.15) is 12.0 Å². The van der Waals surface area contributed by atoms with Crippen molar-refractivity contribution >= 4 is 21.8 Å². The van der Waals surface area contributed by atoms with Crippen molar-refractivity contribution in [2.75, 3.05) is 7.05 Å². The lowest BCUT2D eigenvalue weighted by atomic mass is 9.90. The van der Waals surface area contributed by atoms with Crippen molar-refractivity contribution in [3.63, 3.8) is 0 Å². The Labute approximate surface area is 183 Å². The van der Waals surface area contributed by atoms with E-state index in [1.807, 2.05) is 22.8 Å². The maximum Gasteiger partial charge on any atom is 0.257 e. The molecule has 0 fully saturated rings. The minimum absolute atomic E-state index is 0.0622. The van der Waals surface area contributed by atoms with Gasteiger partial charge in [0, 0.05) is 11.5 Å².